The van der Waals surface area contributed by atoms with Gasteiger partial charge in [0.25, 0.3) is 0 Å². The molecule has 2 aromatic rings. The Kier molecular flexibility index (Phi) is 3.03. The van der Waals surface area contributed by atoms with E-state index in [9.17, 15) is 0 Å². The molecule has 0 saturated carbocycles. The van der Waals surface area contributed by atoms with E-state index >= 15 is 0 Å². The minimum atomic E-state index is 0.0569. The van der Waals surface area contributed by atoms with Crippen LogP contribution in [0.2, 0.25) is 0 Å². The van der Waals surface area contributed by atoms with Crippen LogP contribution in [-0.2, 0) is 0 Å². The number of benzene rings is 1. The molecule has 2 heterocycles. The van der Waals surface area contributed by atoms with Crippen molar-refractivity contribution in [3.63, 3.8) is 0 Å². The predicted octanol–water partition coefficient (Wildman–Crippen LogP) is 2.05. The largest absolute Gasteiger partial charge is 0.493 e. The quantitative estimate of drug-likeness (QED) is 0.885. The lowest BCUT2D eigenvalue weighted by Crippen LogP contribution is -2.35. The van der Waals surface area contributed by atoms with E-state index in [0.717, 1.165) is 41.5 Å². The zero-order valence-corrected chi connectivity index (χ0v) is 11.1. The SMILES string of the molecule is COc1cccc2cc([C@H](C)NC3=NCCN3)oc12. The van der Waals surface area contributed by atoms with Gasteiger partial charge in [0, 0.05) is 11.9 Å². The second-order valence-electron chi connectivity index (χ2n) is 4.55. The lowest BCUT2D eigenvalue weighted by molar-refractivity contribution is 0.404. The molecular weight excluding hydrogens is 242 g/mol. The van der Waals surface area contributed by atoms with Crippen LogP contribution < -0.4 is 15.4 Å². The molecule has 0 radical (unpaired) electrons. The highest BCUT2D eigenvalue weighted by Crippen LogP contribution is 2.30. The average Bonchev–Trinajstić information content (AvgIpc) is 3.06. The van der Waals surface area contributed by atoms with Crippen molar-refractivity contribution in [1.29, 1.82) is 0 Å². The smallest absolute Gasteiger partial charge is 0.191 e. The van der Waals surface area contributed by atoms with Crippen molar-refractivity contribution in [3.8, 4) is 5.75 Å². The Morgan fingerprint density at radius 3 is 3.11 bits per heavy atom. The van der Waals surface area contributed by atoms with Crippen molar-refractivity contribution < 1.29 is 9.15 Å². The molecule has 0 saturated heterocycles. The summed E-state index contributed by atoms with van der Waals surface area (Å²) in [5.74, 6) is 2.46. The normalized spacial score (nSPS) is 16.0. The lowest BCUT2D eigenvalue weighted by atomic mass is 10.2. The zero-order valence-electron chi connectivity index (χ0n) is 11.1. The lowest BCUT2D eigenvalue weighted by Gasteiger charge is -2.12. The van der Waals surface area contributed by atoms with Gasteiger partial charge in [0.2, 0.25) is 0 Å². The minimum Gasteiger partial charge on any atom is -0.493 e. The summed E-state index contributed by atoms with van der Waals surface area (Å²) in [5, 5.41) is 7.53. The second-order valence-corrected chi connectivity index (χ2v) is 4.55. The summed E-state index contributed by atoms with van der Waals surface area (Å²) in [6.07, 6.45) is 0. The second kappa shape index (κ2) is 4.84. The van der Waals surface area contributed by atoms with E-state index in [1.807, 2.05) is 31.2 Å². The predicted molar refractivity (Wildman–Crippen MR) is 74.6 cm³/mol. The van der Waals surface area contributed by atoms with Crippen LogP contribution in [0.1, 0.15) is 18.7 Å². The number of para-hydroxylation sites is 1. The van der Waals surface area contributed by atoms with Crippen LogP contribution in [0.25, 0.3) is 11.0 Å². The van der Waals surface area contributed by atoms with Gasteiger partial charge in [-0.2, -0.15) is 0 Å². The van der Waals surface area contributed by atoms with E-state index < -0.39 is 0 Å². The van der Waals surface area contributed by atoms with Crippen molar-refractivity contribution in [2.45, 2.75) is 13.0 Å². The van der Waals surface area contributed by atoms with Crippen LogP contribution >= 0.6 is 0 Å². The molecule has 1 aromatic heterocycles. The molecule has 0 spiro atoms. The van der Waals surface area contributed by atoms with Gasteiger partial charge in [0.1, 0.15) is 5.76 Å². The van der Waals surface area contributed by atoms with Crippen LogP contribution in [0, 0.1) is 0 Å². The van der Waals surface area contributed by atoms with E-state index in [4.69, 9.17) is 9.15 Å². The van der Waals surface area contributed by atoms with Crippen molar-refractivity contribution in [2.24, 2.45) is 4.99 Å². The molecule has 0 unspecified atom stereocenters. The Morgan fingerprint density at radius 2 is 2.37 bits per heavy atom. The summed E-state index contributed by atoms with van der Waals surface area (Å²) in [5.41, 5.74) is 0.787. The number of guanidine groups is 1. The van der Waals surface area contributed by atoms with Gasteiger partial charge in [-0.05, 0) is 19.1 Å². The fourth-order valence-corrected chi connectivity index (χ4v) is 2.20. The van der Waals surface area contributed by atoms with Crippen LogP contribution in [0.4, 0.5) is 0 Å². The van der Waals surface area contributed by atoms with Crippen molar-refractivity contribution >= 4 is 16.9 Å². The molecule has 5 nitrogen and oxygen atoms in total. The summed E-state index contributed by atoms with van der Waals surface area (Å²) in [6.45, 7) is 3.76. The number of methoxy groups -OCH3 is 1. The summed E-state index contributed by atoms with van der Waals surface area (Å²) in [4.78, 5) is 4.32. The molecule has 100 valence electrons. The minimum absolute atomic E-state index is 0.0569. The molecular formula is C14H17N3O2. The molecule has 2 N–H and O–H groups in total. The summed E-state index contributed by atoms with van der Waals surface area (Å²) in [6, 6.07) is 7.97. The van der Waals surface area contributed by atoms with Gasteiger partial charge >= 0.3 is 0 Å². The third kappa shape index (κ3) is 2.23. The topological polar surface area (TPSA) is 58.8 Å². The van der Waals surface area contributed by atoms with Gasteiger partial charge in [-0.25, -0.2) is 0 Å². The Labute approximate surface area is 111 Å². The van der Waals surface area contributed by atoms with Gasteiger partial charge in [-0.15, -0.1) is 0 Å². The number of rotatable bonds is 3. The first kappa shape index (κ1) is 11.9. The van der Waals surface area contributed by atoms with Crippen molar-refractivity contribution in [2.75, 3.05) is 20.2 Å². The fourth-order valence-electron chi connectivity index (χ4n) is 2.20. The molecule has 0 aliphatic carbocycles. The Bertz CT molecular complexity index is 618. The summed E-state index contributed by atoms with van der Waals surface area (Å²) in [7, 11) is 1.65. The standard InChI is InChI=1S/C14H17N3O2/c1-9(17-14-15-6-7-16-14)12-8-10-4-3-5-11(18-2)13(10)19-12/h3-5,8-9H,6-7H2,1-2H3,(H2,15,16,17)/t9-/m0/s1. The zero-order chi connectivity index (χ0) is 13.2. The molecule has 0 bridgehead atoms. The number of furan rings is 1. The summed E-state index contributed by atoms with van der Waals surface area (Å²) < 4.78 is 11.2. The number of hydrogen-bond donors (Lipinski definition) is 2. The average molecular weight is 259 g/mol. The Hall–Kier alpha value is -2.17. The molecule has 3 rings (SSSR count). The maximum atomic E-state index is 5.89. The first-order chi connectivity index (χ1) is 9.28. The first-order valence-electron chi connectivity index (χ1n) is 6.39. The summed E-state index contributed by atoms with van der Waals surface area (Å²) >= 11 is 0. The van der Waals surface area contributed by atoms with Gasteiger partial charge < -0.3 is 19.8 Å². The Morgan fingerprint density at radius 1 is 1.47 bits per heavy atom. The third-order valence-electron chi connectivity index (χ3n) is 3.20. The van der Waals surface area contributed by atoms with E-state index in [1.165, 1.54) is 0 Å². The van der Waals surface area contributed by atoms with E-state index in [2.05, 4.69) is 15.6 Å². The molecule has 19 heavy (non-hydrogen) atoms. The maximum Gasteiger partial charge on any atom is 0.191 e. The maximum absolute atomic E-state index is 5.89. The van der Waals surface area contributed by atoms with Gasteiger partial charge in [-0.1, -0.05) is 12.1 Å². The van der Waals surface area contributed by atoms with Gasteiger partial charge in [-0.3, -0.25) is 4.99 Å². The number of fused-ring (bicyclic) bond motifs is 1. The number of hydrogen-bond acceptors (Lipinski definition) is 5. The molecule has 1 aliphatic heterocycles. The van der Waals surface area contributed by atoms with Crippen molar-refractivity contribution in [3.05, 3.63) is 30.0 Å². The van der Waals surface area contributed by atoms with Crippen LogP contribution in [0.3, 0.4) is 0 Å². The third-order valence-corrected chi connectivity index (χ3v) is 3.20. The molecule has 0 amide bonds. The molecule has 5 heteroatoms. The van der Waals surface area contributed by atoms with E-state index in [0.29, 0.717) is 0 Å². The molecule has 1 aromatic carbocycles. The molecule has 1 aliphatic rings. The highest BCUT2D eigenvalue weighted by Gasteiger charge is 2.16. The number of aliphatic imine (C=N–C) groups is 1. The highest BCUT2D eigenvalue weighted by molar-refractivity contribution is 5.84. The molecule has 0 fully saturated rings. The fraction of sp³-hybridized carbons (Fsp3) is 0.357. The Balaban J connectivity index is 1.88. The van der Waals surface area contributed by atoms with Gasteiger partial charge in [0.05, 0.1) is 19.7 Å². The van der Waals surface area contributed by atoms with Gasteiger partial charge in [0.15, 0.2) is 17.3 Å². The van der Waals surface area contributed by atoms with Crippen LogP contribution in [0.15, 0.2) is 33.7 Å². The highest BCUT2D eigenvalue weighted by atomic mass is 16.5. The van der Waals surface area contributed by atoms with Crippen molar-refractivity contribution in [1.82, 2.24) is 10.6 Å². The van der Waals surface area contributed by atoms with Crippen LogP contribution in [0.5, 0.6) is 5.75 Å². The monoisotopic (exact) mass is 259 g/mol. The molecule has 1 atom stereocenters. The number of nitrogens with zero attached hydrogens (tertiary/aromatic N) is 1. The van der Waals surface area contributed by atoms with E-state index in [1.54, 1.807) is 7.11 Å². The number of nitrogens with one attached hydrogen (secondary N) is 2. The van der Waals surface area contributed by atoms with Crippen LogP contribution in [-0.4, -0.2) is 26.2 Å². The van der Waals surface area contributed by atoms with E-state index in [-0.39, 0.29) is 6.04 Å². The first-order valence-corrected chi connectivity index (χ1v) is 6.39. The number of ether oxygens (including phenoxy) is 1.